The molecule has 0 atom stereocenters. The molecule has 5 nitrogen and oxygen atoms in total. The van der Waals surface area contributed by atoms with E-state index in [1.165, 1.54) is 0 Å². The maximum absolute atomic E-state index is 5.33. The standard InChI is InChI=1S/C13H27O5/c1-4-14-5-6-15-7-8-16-9-10-17-11-12-18-13(2)3/h13H,1,4-12H2,2-3H3. The Bertz CT molecular complexity index is 152. The second-order valence-corrected chi connectivity index (χ2v) is 3.87. The van der Waals surface area contributed by atoms with Gasteiger partial charge in [-0.3, -0.25) is 0 Å². The van der Waals surface area contributed by atoms with Gasteiger partial charge in [0, 0.05) is 6.61 Å². The average Bonchev–Trinajstić information content (AvgIpc) is 2.34. The molecule has 0 fully saturated rings. The van der Waals surface area contributed by atoms with Gasteiger partial charge in [0.1, 0.15) is 0 Å². The van der Waals surface area contributed by atoms with Crippen LogP contribution < -0.4 is 0 Å². The second-order valence-electron chi connectivity index (χ2n) is 3.87. The van der Waals surface area contributed by atoms with Crippen molar-refractivity contribution < 1.29 is 23.7 Å². The van der Waals surface area contributed by atoms with Crippen molar-refractivity contribution in [1.29, 1.82) is 0 Å². The lowest BCUT2D eigenvalue weighted by Gasteiger charge is -2.08. The molecule has 0 amide bonds. The van der Waals surface area contributed by atoms with Crippen LogP contribution >= 0.6 is 0 Å². The van der Waals surface area contributed by atoms with Gasteiger partial charge in [-0.2, -0.15) is 0 Å². The molecule has 5 heteroatoms. The summed E-state index contributed by atoms with van der Waals surface area (Å²) < 4.78 is 26.3. The zero-order chi connectivity index (χ0) is 13.5. The molecule has 18 heavy (non-hydrogen) atoms. The lowest BCUT2D eigenvalue weighted by atomic mass is 10.5. The molecule has 0 aromatic rings. The molecular formula is C13H27O5. The third kappa shape index (κ3) is 15.8. The maximum atomic E-state index is 5.33. The lowest BCUT2D eigenvalue weighted by Crippen LogP contribution is -2.14. The van der Waals surface area contributed by atoms with Crippen molar-refractivity contribution in [2.24, 2.45) is 0 Å². The Labute approximate surface area is 111 Å². The van der Waals surface area contributed by atoms with Crippen molar-refractivity contribution in [3.05, 3.63) is 6.92 Å². The van der Waals surface area contributed by atoms with E-state index in [2.05, 4.69) is 6.92 Å². The van der Waals surface area contributed by atoms with Crippen LogP contribution in [-0.2, 0) is 23.7 Å². The summed E-state index contributed by atoms with van der Waals surface area (Å²) in [4.78, 5) is 0. The third-order valence-corrected chi connectivity index (χ3v) is 1.94. The van der Waals surface area contributed by atoms with Crippen molar-refractivity contribution in [1.82, 2.24) is 0 Å². The summed E-state index contributed by atoms with van der Waals surface area (Å²) >= 11 is 0. The number of hydrogen-bond donors (Lipinski definition) is 0. The summed E-state index contributed by atoms with van der Waals surface area (Å²) in [6, 6.07) is 0. The average molecular weight is 263 g/mol. The monoisotopic (exact) mass is 263 g/mol. The molecule has 0 N–H and O–H groups in total. The van der Waals surface area contributed by atoms with Crippen LogP contribution in [0.4, 0.5) is 0 Å². The predicted molar refractivity (Wildman–Crippen MR) is 69.7 cm³/mol. The quantitative estimate of drug-likeness (QED) is 0.442. The molecule has 1 radical (unpaired) electrons. The zero-order valence-corrected chi connectivity index (χ0v) is 11.7. The minimum atomic E-state index is 0.259. The largest absolute Gasteiger partial charge is 0.379 e. The van der Waals surface area contributed by atoms with Crippen molar-refractivity contribution >= 4 is 0 Å². The number of rotatable bonds is 14. The molecule has 0 heterocycles. The van der Waals surface area contributed by atoms with Gasteiger partial charge in [-0.15, -0.1) is 0 Å². The molecule has 0 saturated heterocycles. The summed E-state index contributed by atoms with van der Waals surface area (Å²) in [7, 11) is 0. The van der Waals surface area contributed by atoms with Crippen molar-refractivity contribution in [2.75, 3.05) is 59.5 Å². The Balaban J connectivity index is 2.90. The molecule has 0 aromatic heterocycles. The molecule has 0 aliphatic heterocycles. The third-order valence-electron chi connectivity index (χ3n) is 1.94. The molecule has 109 valence electrons. The van der Waals surface area contributed by atoms with Gasteiger partial charge in [0.05, 0.1) is 59.0 Å². The minimum Gasteiger partial charge on any atom is -0.379 e. The summed E-state index contributed by atoms with van der Waals surface area (Å²) in [6.45, 7) is 12.8. The van der Waals surface area contributed by atoms with E-state index in [4.69, 9.17) is 23.7 Å². The maximum Gasteiger partial charge on any atom is 0.0703 e. The van der Waals surface area contributed by atoms with E-state index < -0.39 is 0 Å². The molecule has 0 bridgehead atoms. The fourth-order valence-corrected chi connectivity index (χ4v) is 1.10. The number of hydrogen-bond acceptors (Lipinski definition) is 5. The first-order chi connectivity index (χ1) is 8.77. The Hall–Kier alpha value is -0.200. The van der Waals surface area contributed by atoms with Crippen LogP contribution in [0.15, 0.2) is 0 Å². The van der Waals surface area contributed by atoms with E-state index >= 15 is 0 Å². The fraction of sp³-hybridized carbons (Fsp3) is 0.923. The molecule has 0 unspecified atom stereocenters. The highest BCUT2D eigenvalue weighted by molar-refractivity contribution is 4.38. The second kappa shape index (κ2) is 14.9. The Morgan fingerprint density at radius 2 is 1.06 bits per heavy atom. The van der Waals surface area contributed by atoms with Crippen LogP contribution in [0.25, 0.3) is 0 Å². The minimum absolute atomic E-state index is 0.259. The van der Waals surface area contributed by atoms with Crippen molar-refractivity contribution in [3.63, 3.8) is 0 Å². The van der Waals surface area contributed by atoms with Crippen LogP contribution in [0, 0.1) is 6.92 Å². The van der Waals surface area contributed by atoms with Crippen LogP contribution in [0.3, 0.4) is 0 Å². The smallest absolute Gasteiger partial charge is 0.0703 e. The van der Waals surface area contributed by atoms with Gasteiger partial charge in [-0.05, 0) is 20.8 Å². The first kappa shape index (κ1) is 17.8. The van der Waals surface area contributed by atoms with Gasteiger partial charge < -0.3 is 23.7 Å². The fourth-order valence-electron chi connectivity index (χ4n) is 1.10. The van der Waals surface area contributed by atoms with Crippen LogP contribution in [-0.4, -0.2) is 65.6 Å². The highest BCUT2D eigenvalue weighted by Crippen LogP contribution is 1.87. The van der Waals surface area contributed by atoms with E-state index in [0.29, 0.717) is 59.5 Å². The molecular weight excluding hydrogens is 236 g/mol. The summed E-state index contributed by atoms with van der Waals surface area (Å²) in [5.74, 6) is 0. The van der Waals surface area contributed by atoms with E-state index in [-0.39, 0.29) is 6.10 Å². The molecule has 0 saturated carbocycles. The summed E-state index contributed by atoms with van der Waals surface area (Å²) in [6.07, 6.45) is 0.259. The van der Waals surface area contributed by atoms with Crippen molar-refractivity contribution in [2.45, 2.75) is 20.0 Å². The summed E-state index contributed by atoms with van der Waals surface area (Å²) in [5, 5.41) is 0. The highest BCUT2D eigenvalue weighted by atomic mass is 16.6. The van der Waals surface area contributed by atoms with Crippen LogP contribution in [0.5, 0.6) is 0 Å². The Morgan fingerprint density at radius 3 is 1.44 bits per heavy atom. The first-order valence-corrected chi connectivity index (χ1v) is 6.49. The molecule has 0 spiro atoms. The van der Waals surface area contributed by atoms with Crippen LogP contribution in [0.2, 0.25) is 0 Å². The Kier molecular flexibility index (Phi) is 14.7. The van der Waals surface area contributed by atoms with Crippen LogP contribution in [0.1, 0.15) is 13.8 Å². The normalized spacial score (nSPS) is 11.3. The SMILES string of the molecule is [CH2]COCCOCCOCCOCCOC(C)C. The molecule has 0 aliphatic carbocycles. The van der Waals surface area contributed by atoms with Gasteiger partial charge >= 0.3 is 0 Å². The van der Waals surface area contributed by atoms with E-state index in [0.717, 1.165) is 0 Å². The van der Waals surface area contributed by atoms with Gasteiger partial charge in [0.2, 0.25) is 0 Å². The Morgan fingerprint density at radius 1 is 0.667 bits per heavy atom. The number of ether oxygens (including phenoxy) is 5. The molecule has 0 rings (SSSR count). The van der Waals surface area contributed by atoms with Gasteiger partial charge in [-0.25, -0.2) is 0 Å². The zero-order valence-electron chi connectivity index (χ0n) is 11.7. The van der Waals surface area contributed by atoms with Gasteiger partial charge in [0.25, 0.3) is 0 Å². The van der Waals surface area contributed by atoms with E-state index in [1.807, 2.05) is 13.8 Å². The highest BCUT2D eigenvalue weighted by Gasteiger charge is 1.94. The first-order valence-electron chi connectivity index (χ1n) is 6.49. The van der Waals surface area contributed by atoms with E-state index in [9.17, 15) is 0 Å². The topological polar surface area (TPSA) is 46.2 Å². The molecule has 0 aromatic carbocycles. The summed E-state index contributed by atoms with van der Waals surface area (Å²) in [5.41, 5.74) is 0. The lowest BCUT2D eigenvalue weighted by molar-refractivity contribution is -0.0165. The van der Waals surface area contributed by atoms with Crippen molar-refractivity contribution in [3.8, 4) is 0 Å². The van der Waals surface area contributed by atoms with Gasteiger partial charge in [-0.1, -0.05) is 0 Å². The van der Waals surface area contributed by atoms with E-state index in [1.54, 1.807) is 0 Å². The molecule has 0 aliphatic rings. The van der Waals surface area contributed by atoms with Gasteiger partial charge in [0.15, 0.2) is 0 Å². The predicted octanol–water partition coefficient (Wildman–Crippen LogP) is 1.31.